The van der Waals surface area contributed by atoms with Gasteiger partial charge in [0, 0.05) is 0 Å². The number of thioether (sulfide) groups is 1. The van der Waals surface area contributed by atoms with E-state index in [9.17, 15) is 0 Å². The van der Waals surface area contributed by atoms with Gasteiger partial charge in [0.25, 0.3) is 0 Å². The van der Waals surface area contributed by atoms with Gasteiger partial charge in [0.2, 0.25) is 0 Å². The van der Waals surface area contributed by atoms with Crippen molar-refractivity contribution in [2.24, 2.45) is 0 Å². The number of ether oxygens (including phenoxy) is 1. The van der Waals surface area contributed by atoms with Crippen molar-refractivity contribution >= 4 is 11.8 Å². The molecule has 1 atom stereocenters. The van der Waals surface area contributed by atoms with Crippen LogP contribution < -0.4 is 0 Å². The maximum Gasteiger partial charge on any atom is 0.103 e. The summed E-state index contributed by atoms with van der Waals surface area (Å²) in [6, 6.07) is 8.54. The van der Waals surface area contributed by atoms with Crippen LogP contribution in [0.15, 0.2) is 24.3 Å². The Labute approximate surface area is 89.9 Å². The average molecular weight is 208 g/mol. The first kappa shape index (κ1) is 10.1. The van der Waals surface area contributed by atoms with Crippen LogP contribution in [0.3, 0.4) is 0 Å². The maximum absolute atomic E-state index is 5.81. The van der Waals surface area contributed by atoms with Gasteiger partial charge in [0.1, 0.15) is 5.44 Å². The lowest BCUT2D eigenvalue weighted by atomic mass is 10.1. The molecule has 1 fully saturated rings. The van der Waals surface area contributed by atoms with Gasteiger partial charge < -0.3 is 4.74 Å². The fraction of sp³-hybridized carbons (Fsp3) is 0.500. The molecule has 1 aliphatic rings. The Kier molecular flexibility index (Phi) is 3.49. The zero-order valence-electron chi connectivity index (χ0n) is 8.53. The number of rotatable bonds is 3. The lowest BCUT2D eigenvalue weighted by molar-refractivity contribution is 0.0977. The Morgan fingerprint density at radius 2 is 2.43 bits per heavy atom. The van der Waals surface area contributed by atoms with E-state index < -0.39 is 0 Å². The molecular weight excluding hydrogens is 192 g/mol. The number of hydrogen-bond donors (Lipinski definition) is 0. The highest BCUT2D eigenvalue weighted by molar-refractivity contribution is 8.00. The molecule has 1 aromatic rings. The summed E-state index contributed by atoms with van der Waals surface area (Å²) in [5, 5.41) is 0. The van der Waals surface area contributed by atoms with Crippen molar-refractivity contribution in [2.45, 2.75) is 31.8 Å². The summed E-state index contributed by atoms with van der Waals surface area (Å²) < 4.78 is 5.81. The molecule has 2 rings (SSSR count). The lowest BCUT2D eigenvalue weighted by Crippen LogP contribution is -2.03. The topological polar surface area (TPSA) is 9.23 Å². The molecule has 1 saturated heterocycles. The van der Waals surface area contributed by atoms with E-state index in [2.05, 4.69) is 31.2 Å². The third kappa shape index (κ3) is 2.76. The molecule has 1 aliphatic heterocycles. The van der Waals surface area contributed by atoms with Gasteiger partial charge in [-0.05, 0) is 31.1 Å². The third-order valence-corrected chi connectivity index (χ3v) is 3.67. The van der Waals surface area contributed by atoms with Crippen molar-refractivity contribution in [3.63, 3.8) is 0 Å². The SMILES string of the molecule is Cc1cccc(COC2CCCS2)c1. The average Bonchev–Trinajstić information content (AvgIpc) is 2.67. The predicted molar refractivity (Wildman–Crippen MR) is 61.4 cm³/mol. The molecular formula is C12H16OS. The minimum absolute atomic E-state index is 0.440. The van der Waals surface area contributed by atoms with Crippen LogP contribution in [0.4, 0.5) is 0 Å². The van der Waals surface area contributed by atoms with Crippen molar-refractivity contribution < 1.29 is 4.74 Å². The van der Waals surface area contributed by atoms with Crippen molar-refractivity contribution in [3.8, 4) is 0 Å². The van der Waals surface area contributed by atoms with Crippen LogP contribution in [0.1, 0.15) is 24.0 Å². The lowest BCUT2D eigenvalue weighted by Gasteiger charge is -2.10. The standard InChI is InChI=1S/C12H16OS/c1-10-4-2-5-11(8-10)9-13-12-6-3-7-14-12/h2,4-5,8,12H,3,6-7,9H2,1H3. The minimum Gasteiger partial charge on any atom is -0.363 e. The van der Waals surface area contributed by atoms with Crippen LogP contribution >= 0.6 is 11.8 Å². The molecule has 1 aromatic carbocycles. The molecule has 1 nitrogen and oxygen atoms in total. The normalized spacial score (nSPS) is 21.4. The molecule has 76 valence electrons. The second-order valence-corrected chi connectivity index (χ2v) is 5.01. The quantitative estimate of drug-likeness (QED) is 0.753. The van der Waals surface area contributed by atoms with E-state index in [0.717, 1.165) is 6.61 Å². The Morgan fingerprint density at radius 3 is 3.14 bits per heavy atom. The molecule has 2 heteroatoms. The van der Waals surface area contributed by atoms with Crippen molar-refractivity contribution in [1.29, 1.82) is 0 Å². The molecule has 0 spiro atoms. The fourth-order valence-electron chi connectivity index (χ4n) is 1.67. The zero-order valence-corrected chi connectivity index (χ0v) is 9.35. The van der Waals surface area contributed by atoms with E-state index in [-0.39, 0.29) is 0 Å². The highest BCUT2D eigenvalue weighted by Gasteiger charge is 2.15. The molecule has 0 saturated carbocycles. The minimum atomic E-state index is 0.440. The first-order valence-corrected chi connectivity index (χ1v) is 6.18. The molecule has 1 heterocycles. The van der Waals surface area contributed by atoms with E-state index in [1.807, 2.05) is 11.8 Å². The van der Waals surface area contributed by atoms with Crippen molar-refractivity contribution in [1.82, 2.24) is 0 Å². The maximum atomic E-state index is 5.81. The third-order valence-electron chi connectivity index (χ3n) is 2.41. The van der Waals surface area contributed by atoms with Gasteiger partial charge in [-0.3, -0.25) is 0 Å². The molecule has 0 amide bonds. The van der Waals surface area contributed by atoms with Gasteiger partial charge in [-0.25, -0.2) is 0 Å². The molecule has 0 aromatic heterocycles. The predicted octanol–water partition coefficient (Wildman–Crippen LogP) is 3.36. The zero-order chi connectivity index (χ0) is 9.80. The van der Waals surface area contributed by atoms with Gasteiger partial charge in [-0.2, -0.15) is 0 Å². The fourth-order valence-corrected chi connectivity index (χ4v) is 2.76. The first-order chi connectivity index (χ1) is 6.84. The summed E-state index contributed by atoms with van der Waals surface area (Å²) in [5.74, 6) is 1.26. The van der Waals surface area contributed by atoms with Crippen LogP contribution in [0, 0.1) is 6.92 Å². The molecule has 0 bridgehead atoms. The second-order valence-electron chi connectivity index (χ2n) is 3.74. The van der Waals surface area contributed by atoms with Gasteiger partial charge in [0.15, 0.2) is 0 Å². The monoisotopic (exact) mass is 208 g/mol. The highest BCUT2D eigenvalue weighted by atomic mass is 32.2. The van der Waals surface area contributed by atoms with Crippen molar-refractivity contribution in [3.05, 3.63) is 35.4 Å². The largest absolute Gasteiger partial charge is 0.363 e. The molecule has 0 aliphatic carbocycles. The van der Waals surface area contributed by atoms with Gasteiger partial charge in [0.05, 0.1) is 6.61 Å². The molecule has 0 radical (unpaired) electrons. The van der Waals surface area contributed by atoms with Gasteiger partial charge >= 0.3 is 0 Å². The van der Waals surface area contributed by atoms with Crippen LogP contribution in [-0.4, -0.2) is 11.2 Å². The summed E-state index contributed by atoms with van der Waals surface area (Å²) >= 11 is 1.94. The smallest absolute Gasteiger partial charge is 0.103 e. The van der Waals surface area contributed by atoms with Gasteiger partial charge in [-0.1, -0.05) is 29.8 Å². The first-order valence-electron chi connectivity index (χ1n) is 5.13. The molecule has 0 N–H and O–H groups in total. The van der Waals surface area contributed by atoms with E-state index in [4.69, 9.17) is 4.74 Å². The van der Waals surface area contributed by atoms with Crippen molar-refractivity contribution in [2.75, 3.05) is 5.75 Å². The highest BCUT2D eigenvalue weighted by Crippen LogP contribution is 2.27. The van der Waals surface area contributed by atoms with Crippen LogP contribution in [0.5, 0.6) is 0 Å². The van der Waals surface area contributed by atoms with E-state index in [1.165, 1.54) is 29.7 Å². The van der Waals surface area contributed by atoms with Crippen LogP contribution in [0.2, 0.25) is 0 Å². The van der Waals surface area contributed by atoms with Gasteiger partial charge in [-0.15, -0.1) is 11.8 Å². The van der Waals surface area contributed by atoms with E-state index >= 15 is 0 Å². The summed E-state index contributed by atoms with van der Waals surface area (Å²) in [6.45, 7) is 2.88. The summed E-state index contributed by atoms with van der Waals surface area (Å²) in [4.78, 5) is 0. The Hall–Kier alpha value is -0.470. The number of hydrogen-bond acceptors (Lipinski definition) is 2. The van der Waals surface area contributed by atoms with Crippen LogP contribution in [-0.2, 0) is 11.3 Å². The number of benzene rings is 1. The Balaban J connectivity index is 1.85. The Morgan fingerprint density at radius 1 is 1.50 bits per heavy atom. The van der Waals surface area contributed by atoms with E-state index in [1.54, 1.807) is 0 Å². The Bertz CT molecular complexity index is 292. The summed E-state index contributed by atoms with van der Waals surface area (Å²) in [7, 11) is 0. The van der Waals surface area contributed by atoms with Crippen LogP contribution in [0.25, 0.3) is 0 Å². The second kappa shape index (κ2) is 4.85. The number of aryl methyl sites for hydroxylation is 1. The summed E-state index contributed by atoms with van der Waals surface area (Å²) in [5.41, 5.74) is 3.04. The van der Waals surface area contributed by atoms with E-state index in [0.29, 0.717) is 5.44 Å². The summed E-state index contributed by atoms with van der Waals surface area (Å²) in [6.07, 6.45) is 2.53. The molecule has 1 unspecified atom stereocenters. The molecule has 14 heavy (non-hydrogen) atoms.